The molecule has 0 saturated carbocycles. The summed E-state index contributed by atoms with van der Waals surface area (Å²) < 4.78 is 3.22. The number of carboxylic acid groups (broad SMARTS) is 1. The second-order valence-corrected chi connectivity index (χ2v) is 13.8. The first-order valence-corrected chi connectivity index (χ1v) is 18.2. The average molecular weight is 806 g/mol. The standard InChI is InChI=1S/C21H18N6O3.C21H17N5O4/c1-26-9-7-21(30,20(26)29)6-5-14-3-2-4-15(11-14)19-24-16(18(22)28)12-17(25-19)27-10-8-23-13-27;1-25-9-7-21(30,20(25)29)6-5-14-3-2-4-15(11-14)18-23-16(19(27)28)12-17(24-18)26-10-8-22-13-26/h2-4,8,10-13,30H,7,9H2,1H3,(H2,22,28);2-4,8,10-13,30H,7,9H2,1H3,(H,27,28)/t2*21-/m00/s1. The van der Waals surface area contributed by atoms with Gasteiger partial charge < -0.3 is 30.9 Å². The highest BCUT2D eigenvalue weighted by Crippen LogP contribution is 2.24. The average Bonchev–Trinajstić information content (AvgIpc) is 4.09. The van der Waals surface area contributed by atoms with Crippen LogP contribution in [0.1, 0.15) is 44.9 Å². The number of nitrogens with two attached hydrogens (primary N) is 1. The Hall–Kier alpha value is -8.06. The molecule has 2 aliphatic heterocycles. The Bertz CT molecular complexity index is 2580. The second-order valence-electron chi connectivity index (χ2n) is 13.8. The summed E-state index contributed by atoms with van der Waals surface area (Å²) >= 11 is 0. The van der Waals surface area contributed by atoms with Crippen molar-refractivity contribution in [3.8, 4) is 58.1 Å². The number of benzene rings is 2. The van der Waals surface area contributed by atoms with Gasteiger partial charge in [0, 0.05) is 99.2 Å². The predicted molar refractivity (Wildman–Crippen MR) is 213 cm³/mol. The number of hydrogen-bond acceptors (Lipinski definition) is 12. The molecule has 5 N–H and O–H groups in total. The molecule has 2 fully saturated rings. The highest BCUT2D eigenvalue weighted by molar-refractivity contribution is 5.92. The van der Waals surface area contributed by atoms with Crippen molar-refractivity contribution in [1.82, 2.24) is 48.8 Å². The number of carbonyl (C=O) groups excluding carboxylic acids is 3. The van der Waals surface area contributed by atoms with Gasteiger partial charge in [-0.1, -0.05) is 47.9 Å². The molecule has 4 aromatic heterocycles. The lowest BCUT2D eigenvalue weighted by Crippen LogP contribution is -2.37. The van der Waals surface area contributed by atoms with E-state index in [1.807, 2.05) is 0 Å². The smallest absolute Gasteiger partial charge is 0.354 e. The number of hydrogen-bond donors (Lipinski definition) is 4. The van der Waals surface area contributed by atoms with Crippen LogP contribution in [0.5, 0.6) is 0 Å². The van der Waals surface area contributed by atoms with Crippen molar-refractivity contribution < 1.29 is 34.5 Å². The number of carboxylic acids is 1. The molecule has 60 heavy (non-hydrogen) atoms. The zero-order chi connectivity index (χ0) is 42.6. The van der Waals surface area contributed by atoms with Crippen LogP contribution in [0.4, 0.5) is 0 Å². The minimum atomic E-state index is -1.70. The van der Waals surface area contributed by atoms with Crippen LogP contribution < -0.4 is 5.73 Å². The van der Waals surface area contributed by atoms with Gasteiger partial charge in [-0.15, -0.1) is 0 Å². The largest absolute Gasteiger partial charge is 0.477 e. The van der Waals surface area contributed by atoms with Gasteiger partial charge in [-0.25, -0.2) is 34.7 Å². The predicted octanol–water partition coefficient (Wildman–Crippen LogP) is 1.35. The monoisotopic (exact) mass is 805 g/mol. The summed E-state index contributed by atoms with van der Waals surface area (Å²) in [5.74, 6) is 9.64. The van der Waals surface area contributed by atoms with Gasteiger partial charge in [0.25, 0.3) is 17.7 Å². The van der Waals surface area contributed by atoms with Crippen LogP contribution in [0.15, 0.2) is 98.1 Å². The van der Waals surface area contributed by atoms with Crippen molar-refractivity contribution in [3.05, 3.63) is 121 Å². The number of amides is 3. The van der Waals surface area contributed by atoms with Gasteiger partial charge in [-0.3, -0.25) is 23.5 Å². The maximum atomic E-state index is 12.1. The molecule has 3 amide bonds. The number of aliphatic hydroxyl groups is 2. The van der Waals surface area contributed by atoms with E-state index in [0.29, 0.717) is 47.0 Å². The van der Waals surface area contributed by atoms with Crippen molar-refractivity contribution in [1.29, 1.82) is 0 Å². The van der Waals surface area contributed by atoms with Gasteiger partial charge in [0.1, 0.15) is 30.0 Å². The van der Waals surface area contributed by atoms with E-state index in [1.165, 1.54) is 28.3 Å². The summed E-state index contributed by atoms with van der Waals surface area (Å²) in [6, 6.07) is 16.7. The Kier molecular flexibility index (Phi) is 11.0. The number of likely N-dealkylation sites (tertiary alicyclic amines) is 2. The number of nitrogens with zero attached hydrogens (tertiary/aromatic N) is 10. The van der Waals surface area contributed by atoms with E-state index >= 15 is 0 Å². The van der Waals surface area contributed by atoms with E-state index in [9.17, 15) is 34.5 Å². The molecular weight excluding hydrogens is 771 g/mol. The molecule has 300 valence electrons. The highest BCUT2D eigenvalue weighted by Gasteiger charge is 2.43. The summed E-state index contributed by atoms with van der Waals surface area (Å²) in [6.45, 7) is 0.895. The molecule has 0 radical (unpaired) electrons. The Morgan fingerprint density at radius 1 is 0.683 bits per heavy atom. The van der Waals surface area contributed by atoms with Crippen LogP contribution in [0.25, 0.3) is 34.4 Å². The quantitative estimate of drug-likeness (QED) is 0.174. The molecule has 2 saturated heterocycles. The van der Waals surface area contributed by atoms with Gasteiger partial charge >= 0.3 is 5.97 Å². The summed E-state index contributed by atoms with van der Waals surface area (Å²) in [6.07, 6.45) is 10.1. The van der Waals surface area contributed by atoms with Gasteiger partial charge in [-0.2, -0.15) is 0 Å². The Balaban J connectivity index is 0.000000181. The number of rotatable bonds is 6. The zero-order valence-corrected chi connectivity index (χ0v) is 32.1. The van der Waals surface area contributed by atoms with Crippen LogP contribution in [0, 0.1) is 23.7 Å². The minimum Gasteiger partial charge on any atom is -0.477 e. The van der Waals surface area contributed by atoms with Crippen molar-refractivity contribution in [2.75, 3.05) is 27.2 Å². The number of aromatic nitrogens is 8. The summed E-state index contributed by atoms with van der Waals surface area (Å²) in [5, 5.41) is 30.3. The van der Waals surface area contributed by atoms with Crippen molar-refractivity contribution in [2.45, 2.75) is 24.0 Å². The van der Waals surface area contributed by atoms with E-state index in [2.05, 4.69) is 53.6 Å². The second kappa shape index (κ2) is 16.4. The van der Waals surface area contributed by atoms with Crippen LogP contribution >= 0.6 is 0 Å². The number of likely N-dealkylation sites (N-methyl/N-ethyl adjacent to an activating group) is 2. The zero-order valence-electron chi connectivity index (χ0n) is 32.1. The third kappa shape index (κ3) is 8.60. The molecule has 2 atom stereocenters. The first-order chi connectivity index (χ1) is 28.7. The maximum Gasteiger partial charge on any atom is 0.354 e. The Labute approximate surface area is 342 Å². The van der Waals surface area contributed by atoms with Crippen LogP contribution in [0.2, 0.25) is 0 Å². The van der Waals surface area contributed by atoms with Crippen molar-refractivity contribution in [3.63, 3.8) is 0 Å². The van der Waals surface area contributed by atoms with Gasteiger partial charge in [-0.05, 0) is 24.3 Å². The van der Waals surface area contributed by atoms with Crippen LogP contribution in [0.3, 0.4) is 0 Å². The molecule has 0 aliphatic carbocycles. The van der Waals surface area contributed by atoms with Gasteiger partial charge in [0.15, 0.2) is 17.3 Å². The number of imidazole rings is 2. The summed E-state index contributed by atoms with van der Waals surface area (Å²) in [7, 11) is 3.25. The fourth-order valence-corrected chi connectivity index (χ4v) is 6.18. The minimum absolute atomic E-state index is 0.0640. The van der Waals surface area contributed by atoms with Gasteiger partial charge in [0.2, 0.25) is 11.2 Å². The SMILES string of the molecule is CN1CC[C@@](O)(C#Cc2cccc(-c3nc(C(=O)O)cc(-n4ccnc4)n3)c2)C1=O.CN1CC[C@@](O)(C#Cc2cccc(-c3nc(C(N)=O)cc(-n4ccnc4)n3)c2)C1=O. The molecular formula is C42H35N11O7. The normalized spacial score (nSPS) is 18.2. The topological polar surface area (TPSA) is 249 Å². The van der Waals surface area contributed by atoms with Gasteiger partial charge in [0.05, 0.1) is 0 Å². The van der Waals surface area contributed by atoms with E-state index < -0.39 is 34.9 Å². The first kappa shape index (κ1) is 40.1. The molecule has 18 nitrogen and oxygen atoms in total. The fraction of sp³-hybridized carbons (Fsp3) is 0.190. The fourth-order valence-electron chi connectivity index (χ4n) is 6.18. The number of aromatic carboxylic acids is 1. The van der Waals surface area contributed by atoms with Crippen LogP contribution in [-0.2, 0) is 9.59 Å². The van der Waals surface area contributed by atoms with Crippen LogP contribution in [-0.4, -0.2) is 126 Å². The van der Waals surface area contributed by atoms with E-state index in [0.717, 1.165) is 0 Å². The molecule has 2 aromatic carbocycles. The Morgan fingerprint density at radius 3 is 1.52 bits per heavy atom. The highest BCUT2D eigenvalue weighted by atomic mass is 16.4. The molecule has 0 bridgehead atoms. The number of carbonyl (C=O) groups is 4. The number of primary amides is 1. The van der Waals surface area contributed by atoms with E-state index in [-0.39, 0.29) is 35.9 Å². The molecule has 6 heterocycles. The summed E-state index contributed by atoms with van der Waals surface area (Å²) in [4.78, 5) is 75.5. The van der Waals surface area contributed by atoms with Crippen molar-refractivity contribution >= 4 is 23.7 Å². The lowest BCUT2D eigenvalue weighted by molar-refractivity contribution is -0.138. The lowest BCUT2D eigenvalue weighted by atomic mass is 10.0. The van der Waals surface area contributed by atoms with E-state index in [1.54, 1.807) is 103 Å². The maximum absolute atomic E-state index is 12.1. The molecule has 0 unspecified atom stereocenters. The molecule has 6 aromatic rings. The first-order valence-electron chi connectivity index (χ1n) is 18.2. The molecule has 18 heteroatoms. The van der Waals surface area contributed by atoms with Crippen molar-refractivity contribution in [2.24, 2.45) is 5.73 Å². The Morgan fingerprint density at radius 2 is 1.13 bits per heavy atom. The van der Waals surface area contributed by atoms with E-state index in [4.69, 9.17) is 5.73 Å². The molecule has 8 rings (SSSR count). The summed E-state index contributed by atoms with van der Waals surface area (Å²) in [5.41, 5.74) is 4.22. The third-order valence-corrected chi connectivity index (χ3v) is 9.52. The molecule has 2 aliphatic rings. The lowest BCUT2D eigenvalue weighted by Gasteiger charge is -2.13. The third-order valence-electron chi connectivity index (χ3n) is 9.52. The molecule has 0 spiro atoms.